The van der Waals surface area contributed by atoms with E-state index in [0.717, 1.165) is 6.08 Å². The monoisotopic (exact) mass is 322 g/mol. The molecule has 1 N–H and O–H groups in total. The van der Waals surface area contributed by atoms with Gasteiger partial charge in [0.05, 0.1) is 18.8 Å². The number of para-hydroxylation sites is 1. The van der Waals surface area contributed by atoms with E-state index in [1.165, 1.54) is 10.8 Å². The zero-order valence-corrected chi connectivity index (χ0v) is 13.1. The molecule has 0 bridgehead atoms. The van der Waals surface area contributed by atoms with Crippen molar-refractivity contribution in [3.63, 3.8) is 0 Å². The third-order valence-electron chi connectivity index (χ3n) is 3.06. The zero-order chi connectivity index (χ0) is 17.4. The number of nitriles is 1. The summed E-state index contributed by atoms with van der Waals surface area (Å²) in [7, 11) is 0. The highest BCUT2D eigenvalue weighted by molar-refractivity contribution is 6.17. The van der Waals surface area contributed by atoms with Crippen LogP contribution in [0.1, 0.15) is 17.3 Å². The highest BCUT2D eigenvalue weighted by Gasteiger charge is 2.22. The Morgan fingerprint density at radius 1 is 1.25 bits per heavy atom. The maximum Gasteiger partial charge on any atom is 0.344 e. The largest absolute Gasteiger partial charge is 0.462 e. The molecule has 0 unspecified atom stereocenters. The normalized spacial score (nSPS) is 10.6. The van der Waals surface area contributed by atoms with Gasteiger partial charge in [-0.25, -0.2) is 4.79 Å². The van der Waals surface area contributed by atoms with Crippen molar-refractivity contribution in [3.05, 3.63) is 66.5 Å². The van der Waals surface area contributed by atoms with E-state index in [0.29, 0.717) is 5.69 Å². The van der Waals surface area contributed by atoms with Gasteiger partial charge in [0.1, 0.15) is 5.56 Å². The molecule has 0 spiro atoms. The fraction of sp³-hybridized carbons (Fsp3) is 0.111. The quantitative estimate of drug-likeness (QED) is 0.396. The van der Waals surface area contributed by atoms with Crippen LogP contribution in [0.15, 0.2) is 60.9 Å². The predicted octanol–water partition coefficient (Wildman–Crippen LogP) is 2.15. The van der Waals surface area contributed by atoms with Crippen molar-refractivity contribution in [2.75, 3.05) is 11.9 Å². The molecular formula is C18H16N3O3+. The molecule has 0 aliphatic heterocycles. The van der Waals surface area contributed by atoms with Crippen molar-refractivity contribution in [2.45, 2.75) is 6.92 Å². The molecule has 6 heteroatoms. The van der Waals surface area contributed by atoms with Gasteiger partial charge in [-0.2, -0.15) is 9.83 Å². The fourth-order valence-electron chi connectivity index (χ4n) is 2.00. The van der Waals surface area contributed by atoms with Gasteiger partial charge in [0.2, 0.25) is 0 Å². The number of nitrogens with zero attached hydrogens (tertiary/aromatic N) is 2. The van der Waals surface area contributed by atoms with Gasteiger partial charge in [0.25, 0.3) is 5.70 Å². The van der Waals surface area contributed by atoms with Crippen LogP contribution in [0.4, 0.5) is 5.69 Å². The number of ether oxygens (including phenoxy) is 1. The molecule has 120 valence electrons. The number of pyridine rings is 1. The number of anilines is 1. The lowest BCUT2D eigenvalue weighted by Gasteiger charge is -2.05. The number of carbonyl (C=O) groups is 2. The van der Waals surface area contributed by atoms with E-state index < -0.39 is 11.9 Å². The second-order valence-corrected chi connectivity index (χ2v) is 4.70. The van der Waals surface area contributed by atoms with Crippen molar-refractivity contribution in [2.24, 2.45) is 0 Å². The Labute approximate surface area is 139 Å². The summed E-state index contributed by atoms with van der Waals surface area (Å²) in [5.74, 6) is -0.958. The Morgan fingerprint density at radius 2 is 2.00 bits per heavy atom. The Kier molecular flexibility index (Phi) is 5.81. The van der Waals surface area contributed by atoms with E-state index >= 15 is 0 Å². The Morgan fingerprint density at radius 3 is 2.67 bits per heavy atom. The smallest absolute Gasteiger partial charge is 0.344 e. The topological polar surface area (TPSA) is 83.1 Å². The number of benzene rings is 1. The highest BCUT2D eigenvalue weighted by Crippen LogP contribution is 2.08. The van der Waals surface area contributed by atoms with Crippen LogP contribution in [0, 0.1) is 11.3 Å². The molecule has 0 aliphatic carbocycles. The van der Waals surface area contributed by atoms with Gasteiger partial charge in [0, 0.05) is 11.8 Å². The summed E-state index contributed by atoms with van der Waals surface area (Å²) in [6, 6.07) is 13.9. The first-order valence-electron chi connectivity index (χ1n) is 7.30. The first-order chi connectivity index (χ1) is 11.7. The van der Waals surface area contributed by atoms with Crippen molar-refractivity contribution in [1.82, 2.24) is 0 Å². The SMILES string of the molecule is CCOC(=O)c1ccc[n+](/C(=C\C#N)C(=O)Nc2ccccc2)c1. The number of amides is 1. The van der Waals surface area contributed by atoms with E-state index in [2.05, 4.69) is 5.32 Å². The molecule has 24 heavy (non-hydrogen) atoms. The molecule has 0 saturated heterocycles. The summed E-state index contributed by atoms with van der Waals surface area (Å²) in [6.07, 6.45) is 4.15. The number of rotatable bonds is 5. The third kappa shape index (κ3) is 4.27. The van der Waals surface area contributed by atoms with Gasteiger partial charge in [-0.15, -0.1) is 0 Å². The number of carbonyl (C=O) groups excluding carboxylic acids is 2. The van der Waals surface area contributed by atoms with Gasteiger partial charge in [-0.3, -0.25) is 4.79 Å². The van der Waals surface area contributed by atoms with Crippen molar-refractivity contribution >= 4 is 23.3 Å². The molecule has 1 aromatic heterocycles. The van der Waals surface area contributed by atoms with E-state index in [4.69, 9.17) is 10.00 Å². The summed E-state index contributed by atoms with van der Waals surface area (Å²) in [4.78, 5) is 24.3. The van der Waals surface area contributed by atoms with Gasteiger partial charge in [0.15, 0.2) is 12.4 Å². The standard InChI is InChI=1S/C18H15N3O3/c1-2-24-18(23)14-7-6-12-21(13-14)16(10-11-19)17(22)20-15-8-4-3-5-9-15/h3-10,12-13H,2H2,1H3/p+1/b16-10-. The van der Waals surface area contributed by atoms with Crippen LogP contribution in [0.25, 0.3) is 5.70 Å². The zero-order valence-electron chi connectivity index (χ0n) is 13.1. The minimum atomic E-state index is -0.494. The summed E-state index contributed by atoms with van der Waals surface area (Å²) < 4.78 is 6.35. The lowest BCUT2D eigenvalue weighted by Crippen LogP contribution is -2.39. The van der Waals surface area contributed by atoms with Crippen LogP contribution in [0.5, 0.6) is 0 Å². The Hall–Kier alpha value is -3.46. The minimum absolute atomic E-state index is 0.0903. The summed E-state index contributed by atoms with van der Waals surface area (Å²) >= 11 is 0. The number of hydrogen-bond acceptors (Lipinski definition) is 4. The van der Waals surface area contributed by atoms with Crippen LogP contribution in [-0.4, -0.2) is 18.5 Å². The molecule has 0 aliphatic rings. The molecule has 0 fully saturated rings. The van der Waals surface area contributed by atoms with Crippen LogP contribution in [0.2, 0.25) is 0 Å². The van der Waals surface area contributed by atoms with Crippen LogP contribution < -0.4 is 9.88 Å². The van der Waals surface area contributed by atoms with Crippen LogP contribution in [-0.2, 0) is 9.53 Å². The molecular weight excluding hydrogens is 306 g/mol. The highest BCUT2D eigenvalue weighted by atomic mass is 16.5. The minimum Gasteiger partial charge on any atom is -0.462 e. The average molecular weight is 322 g/mol. The van der Waals surface area contributed by atoms with Gasteiger partial charge in [-0.05, 0) is 25.1 Å². The first kappa shape index (κ1) is 16.9. The maximum atomic E-state index is 12.4. The van der Waals surface area contributed by atoms with Gasteiger partial charge < -0.3 is 10.1 Å². The maximum absolute atomic E-state index is 12.4. The van der Waals surface area contributed by atoms with Crippen molar-refractivity contribution in [3.8, 4) is 6.07 Å². The summed E-state index contributed by atoms with van der Waals surface area (Å²) in [6.45, 7) is 1.96. The van der Waals surface area contributed by atoms with E-state index in [1.807, 2.05) is 12.1 Å². The second kappa shape index (κ2) is 8.25. The van der Waals surface area contributed by atoms with E-state index in [-0.39, 0.29) is 17.9 Å². The van der Waals surface area contributed by atoms with E-state index in [9.17, 15) is 9.59 Å². The third-order valence-corrected chi connectivity index (χ3v) is 3.06. The van der Waals surface area contributed by atoms with E-state index in [1.54, 1.807) is 49.5 Å². The van der Waals surface area contributed by atoms with Crippen LogP contribution >= 0.6 is 0 Å². The lowest BCUT2D eigenvalue weighted by atomic mass is 10.2. The fourth-order valence-corrected chi connectivity index (χ4v) is 2.00. The average Bonchev–Trinajstić information content (AvgIpc) is 2.60. The van der Waals surface area contributed by atoms with Gasteiger partial charge in [-0.1, -0.05) is 18.2 Å². The van der Waals surface area contributed by atoms with Crippen LogP contribution in [0.3, 0.4) is 0 Å². The molecule has 0 atom stereocenters. The Balaban J connectivity index is 2.30. The molecule has 2 rings (SSSR count). The van der Waals surface area contributed by atoms with Crippen molar-refractivity contribution in [1.29, 1.82) is 5.26 Å². The van der Waals surface area contributed by atoms with Crippen molar-refractivity contribution < 1.29 is 18.9 Å². The molecule has 6 nitrogen and oxygen atoms in total. The number of allylic oxidation sites excluding steroid dienone is 1. The molecule has 0 radical (unpaired) electrons. The number of hydrogen-bond donors (Lipinski definition) is 1. The number of aromatic nitrogens is 1. The number of esters is 1. The first-order valence-corrected chi connectivity index (χ1v) is 7.30. The molecule has 0 saturated carbocycles. The second-order valence-electron chi connectivity index (χ2n) is 4.70. The molecule has 1 heterocycles. The number of nitrogens with one attached hydrogen (secondary N) is 1. The summed E-state index contributed by atoms with van der Waals surface area (Å²) in [5.41, 5.74) is 0.983. The molecule has 1 amide bonds. The lowest BCUT2D eigenvalue weighted by molar-refractivity contribution is -0.577. The van der Waals surface area contributed by atoms with Gasteiger partial charge >= 0.3 is 11.9 Å². The molecule has 2 aromatic rings. The summed E-state index contributed by atoms with van der Waals surface area (Å²) in [5, 5.41) is 11.7. The predicted molar refractivity (Wildman–Crippen MR) is 87.6 cm³/mol. The Bertz CT molecular complexity index is 808. The molecule has 1 aromatic carbocycles.